The van der Waals surface area contributed by atoms with Crippen LogP contribution in [0.15, 0.2) is 42.5 Å². The Hall–Kier alpha value is -3.06. The van der Waals surface area contributed by atoms with Crippen molar-refractivity contribution < 1.29 is 19.1 Å². The van der Waals surface area contributed by atoms with Gasteiger partial charge in [0, 0.05) is 6.04 Å². The molecule has 214 valence electrons. The molecule has 2 aromatic rings. The number of hydrogen-bond donors (Lipinski definition) is 2. The van der Waals surface area contributed by atoms with Gasteiger partial charge in [-0.2, -0.15) is 0 Å². The molecule has 0 fully saturated rings. The van der Waals surface area contributed by atoms with Crippen LogP contribution in [0.2, 0.25) is 5.02 Å². The minimum atomic E-state index is -0.962. The number of aryl methyl sites for hydroxylation is 2. The molecule has 0 saturated heterocycles. The van der Waals surface area contributed by atoms with E-state index >= 15 is 0 Å². The molecular formula is C31H44ClN3O4. The molecule has 3 amide bonds. The highest BCUT2D eigenvalue weighted by atomic mass is 35.5. The minimum absolute atomic E-state index is 0.206. The maximum atomic E-state index is 14.4. The highest BCUT2D eigenvalue weighted by Crippen LogP contribution is 2.32. The van der Waals surface area contributed by atoms with Crippen LogP contribution >= 0.6 is 11.6 Å². The number of alkyl carbamates (subject to hydrolysis) is 1. The van der Waals surface area contributed by atoms with E-state index < -0.39 is 23.8 Å². The number of para-hydroxylation sites is 1. The molecule has 0 aliphatic heterocycles. The fourth-order valence-corrected chi connectivity index (χ4v) is 4.64. The van der Waals surface area contributed by atoms with E-state index in [1.807, 2.05) is 77.9 Å². The molecule has 0 spiro atoms. The first-order valence-electron chi connectivity index (χ1n) is 13.6. The van der Waals surface area contributed by atoms with Gasteiger partial charge in [0.15, 0.2) is 0 Å². The summed E-state index contributed by atoms with van der Waals surface area (Å²) < 4.78 is 5.48. The highest BCUT2D eigenvalue weighted by Gasteiger charge is 2.40. The van der Waals surface area contributed by atoms with Crippen LogP contribution in [0.4, 0.5) is 10.5 Å². The van der Waals surface area contributed by atoms with Crippen LogP contribution in [0.25, 0.3) is 0 Å². The highest BCUT2D eigenvalue weighted by molar-refractivity contribution is 6.34. The first-order chi connectivity index (χ1) is 18.2. The Morgan fingerprint density at radius 2 is 1.56 bits per heavy atom. The molecule has 0 aliphatic carbocycles. The summed E-state index contributed by atoms with van der Waals surface area (Å²) in [5.74, 6) is -0.930. The average Bonchev–Trinajstić information content (AvgIpc) is 2.86. The summed E-state index contributed by atoms with van der Waals surface area (Å²) >= 11 is 6.45. The number of carbonyl (C=O) groups is 3. The maximum absolute atomic E-state index is 14.4. The van der Waals surface area contributed by atoms with Gasteiger partial charge < -0.3 is 20.3 Å². The number of rotatable bonds is 10. The molecule has 8 heteroatoms. The lowest BCUT2D eigenvalue weighted by Gasteiger charge is -2.40. The molecule has 7 nitrogen and oxygen atoms in total. The van der Waals surface area contributed by atoms with E-state index in [0.717, 1.165) is 11.1 Å². The number of ether oxygens (including phenoxy) is 1. The predicted octanol–water partition coefficient (Wildman–Crippen LogP) is 7.20. The number of anilines is 1. The van der Waals surface area contributed by atoms with Crippen LogP contribution in [0.1, 0.15) is 84.0 Å². The Kier molecular flexibility index (Phi) is 11.4. The van der Waals surface area contributed by atoms with Gasteiger partial charge >= 0.3 is 6.09 Å². The fourth-order valence-electron chi connectivity index (χ4n) is 4.37. The summed E-state index contributed by atoms with van der Waals surface area (Å²) in [5, 5.41) is 6.22. The molecule has 0 saturated carbocycles. The second kappa shape index (κ2) is 13.8. The number of carbonyl (C=O) groups excluding carboxylic acids is 3. The van der Waals surface area contributed by atoms with E-state index in [9.17, 15) is 14.4 Å². The number of hydrogen-bond acceptors (Lipinski definition) is 4. The molecule has 2 N–H and O–H groups in total. The Morgan fingerprint density at radius 1 is 0.949 bits per heavy atom. The Balaban J connectivity index is 2.64. The topological polar surface area (TPSA) is 87.7 Å². The zero-order chi connectivity index (χ0) is 29.5. The standard InChI is InChI=1S/C31H44ClN3O4/c1-10-19(3)26(34-30(38)39-31(7,8)9)29(37)35(22(6)11-2)27(23-17-13-12-15-20(23)4)28(36)33-25-21(5)16-14-18-24(25)32/h12-19,22,26-27H,10-11H2,1-9H3,(H,33,36)(H,34,38). The van der Waals surface area contributed by atoms with Crippen molar-refractivity contribution in [3.63, 3.8) is 0 Å². The second-order valence-corrected chi connectivity index (χ2v) is 11.6. The summed E-state index contributed by atoms with van der Waals surface area (Å²) in [5.41, 5.74) is 2.16. The number of benzene rings is 2. The SMILES string of the molecule is CCC(C)C(NC(=O)OC(C)(C)C)C(=O)N(C(C)CC)C(C(=O)Nc1c(C)cccc1Cl)c1ccccc1C. The zero-order valence-electron chi connectivity index (χ0n) is 24.7. The minimum Gasteiger partial charge on any atom is -0.444 e. The lowest BCUT2D eigenvalue weighted by molar-refractivity contribution is -0.144. The quantitative estimate of drug-likeness (QED) is 0.323. The van der Waals surface area contributed by atoms with Gasteiger partial charge in [0.2, 0.25) is 5.91 Å². The van der Waals surface area contributed by atoms with Crippen molar-refractivity contribution in [1.29, 1.82) is 0 Å². The van der Waals surface area contributed by atoms with Crippen LogP contribution in [0.5, 0.6) is 0 Å². The number of halogens is 1. The summed E-state index contributed by atoms with van der Waals surface area (Å²) in [7, 11) is 0. The van der Waals surface area contributed by atoms with E-state index in [0.29, 0.717) is 29.1 Å². The molecule has 4 atom stereocenters. The largest absolute Gasteiger partial charge is 0.444 e. The van der Waals surface area contributed by atoms with Crippen LogP contribution in [-0.2, 0) is 14.3 Å². The summed E-state index contributed by atoms with van der Waals surface area (Å²) in [6.45, 7) is 16.8. The molecule has 2 aromatic carbocycles. The Labute approximate surface area is 238 Å². The van der Waals surface area contributed by atoms with E-state index in [1.165, 1.54) is 0 Å². The van der Waals surface area contributed by atoms with Crippen LogP contribution in [0, 0.1) is 19.8 Å². The van der Waals surface area contributed by atoms with Crippen LogP contribution in [-0.4, -0.2) is 40.5 Å². The summed E-state index contributed by atoms with van der Waals surface area (Å²) in [4.78, 5) is 43.0. The third-order valence-electron chi connectivity index (χ3n) is 6.95. The molecule has 0 aliphatic rings. The van der Waals surface area contributed by atoms with E-state index in [2.05, 4.69) is 10.6 Å². The second-order valence-electron chi connectivity index (χ2n) is 11.2. The van der Waals surface area contributed by atoms with Gasteiger partial charge in [-0.25, -0.2) is 4.79 Å². The summed E-state index contributed by atoms with van der Waals surface area (Å²) in [6.07, 6.45) is 0.570. The van der Waals surface area contributed by atoms with Crippen LogP contribution in [0.3, 0.4) is 0 Å². The fraction of sp³-hybridized carbons (Fsp3) is 0.516. The van der Waals surface area contributed by atoms with Gasteiger partial charge in [0.1, 0.15) is 17.7 Å². The molecule has 4 unspecified atom stereocenters. The number of nitrogens with one attached hydrogen (secondary N) is 2. The third-order valence-corrected chi connectivity index (χ3v) is 7.27. The number of nitrogens with zero attached hydrogens (tertiary/aromatic N) is 1. The first-order valence-corrected chi connectivity index (χ1v) is 14.0. The van der Waals surface area contributed by atoms with E-state index in [4.69, 9.17) is 16.3 Å². The molecule has 39 heavy (non-hydrogen) atoms. The third kappa shape index (κ3) is 8.46. The Morgan fingerprint density at radius 3 is 2.10 bits per heavy atom. The van der Waals surface area contributed by atoms with Crippen molar-refractivity contribution >= 4 is 35.2 Å². The van der Waals surface area contributed by atoms with Gasteiger partial charge in [-0.15, -0.1) is 0 Å². The summed E-state index contributed by atoms with van der Waals surface area (Å²) in [6, 6.07) is 10.8. The van der Waals surface area contributed by atoms with Crippen molar-refractivity contribution in [3.8, 4) is 0 Å². The predicted molar refractivity (Wildman–Crippen MR) is 158 cm³/mol. The number of amides is 3. The monoisotopic (exact) mass is 557 g/mol. The van der Waals surface area contributed by atoms with Crippen molar-refractivity contribution in [2.45, 2.75) is 98.9 Å². The molecule has 0 bridgehead atoms. The van der Waals surface area contributed by atoms with Crippen molar-refractivity contribution in [2.24, 2.45) is 5.92 Å². The van der Waals surface area contributed by atoms with E-state index in [1.54, 1.807) is 31.7 Å². The Bertz CT molecular complexity index is 1140. The van der Waals surface area contributed by atoms with Gasteiger partial charge in [0.05, 0.1) is 10.7 Å². The van der Waals surface area contributed by atoms with Crippen molar-refractivity contribution in [1.82, 2.24) is 10.2 Å². The molecule has 0 radical (unpaired) electrons. The lowest BCUT2D eigenvalue weighted by Crippen LogP contribution is -2.57. The lowest BCUT2D eigenvalue weighted by atomic mass is 9.93. The maximum Gasteiger partial charge on any atom is 0.408 e. The van der Waals surface area contributed by atoms with E-state index in [-0.39, 0.29) is 23.8 Å². The molecule has 2 rings (SSSR count). The van der Waals surface area contributed by atoms with Crippen molar-refractivity contribution in [2.75, 3.05) is 5.32 Å². The van der Waals surface area contributed by atoms with Gasteiger partial charge in [-0.3, -0.25) is 9.59 Å². The van der Waals surface area contributed by atoms with Gasteiger partial charge in [-0.1, -0.05) is 75.2 Å². The molecule has 0 aromatic heterocycles. The smallest absolute Gasteiger partial charge is 0.408 e. The zero-order valence-corrected chi connectivity index (χ0v) is 25.5. The molecule has 0 heterocycles. The first kappa shape index (κ1) is 32.2. The normalized spacial score (nSPS) is 14.5. The van der Waals surface area contributed by atoms with Gasteiger partial charge in [-0.05, 0) is 76.6 Å². The molecular weight excluding hydrogens is 514 g/mol. The van der Waals surface area contributed by atoms with Crippen molar-refractivity contribution in [3.05, 3.63) is 64.2 Å². The van der Waals surface area contributed by atoms with Gasteiger partial charge in [0.25, 0.3) is 5.91 Å². The van der Waals surface area contributed by atoms with Crippen LogP contribution < -0.4 is 10.6 Å². The average molecular weight is 558 g/mol.